The number of hydrogen-bond acceptors (Lipinski definition) is 5. The van der Waals surface area contributed by atoms with Crippen LogP contribution in [0.5, 0.6) is 0 Å². The Bertz CT molecular complexity index is 670. The number of rotatable bonds is 5. The van der Waals surface area contributed by atoms with Crippen LogP contribution in [0.2, 0.25) is 0 Å². The highest BCUT2D eigenvalue weighted by Crippen LogP contribution is 2.36. The summed E-state index contributed by atoms with van der Waals surface area (Å²) in [5.41, 5.74) is -0.537. The van der Waals surface area contributed by atoms with Crippen molar-refractivity contribution in [2.45, 2.75) is 52.7 Å². The molecular weight excluding hydrogens is 323 g/mol. The van der Waals surface area contributed by atoms with Crippen LogP contribution in [-0.2, 0) is 9.31 Å². The Morgan fingerprint density at radius 1 is 1.12 bits per heavy atom. The lowest BCUT2D eigenvalue weighted by atomic mass is 9.78. The highest BCUT2D eigenvalue weighted by atomic mass is 16.7. The summed E-state index contributed by atoms with van der Waals surface area (Å²) in [6.07, 6.45) is 0. The largest absolute Gasteiger partial charge is 0.495 e. The number of carbonyl (C=O) groups excluding carboxylic acids is 1. The summed E-state index contributed by atoms with van der Waals surface area (Å²) in [6.45, 7) is 12.4. The van der Waals surface area contributed by atoms with E-state index >= 15 is 0 Å². The first-order chi connectivity index (χ1) is 11.5. The molecule has 0 aromatic heterocycles. The van der Waals surface area contributed by atoms with Crippen LogP contribution in [0.25, 0.3) is 0 Å². The van der Waals surface area contributed by atoms with Gasteiger partial charge in [0.1, 0.15) is 0 Å². The van der Waals surface area contributed by atoms with E-state index in [2.05, 4.69) is 0 Å². The molecule has 1 saturated heterocycles. The van der Waals surface area contributed by atoms with Crippen molar-refractivity contribution in [2.75, 3.05) is 13.1 Å². The van der Waals surface area contributed by atoms with Crippen molar-refractivity contribution >= 4 is 24.2 Å². The lowest BCUT2D eigenvalue weighted by Crippen LogP contribution is -2.41. The van der Waals surface area contributed by atoms with Crippen LogP contribution in [0, 0.1) is 10.1 Å². The summed E-state index contributed by atoms with van der Waals surface area (Å²) in [5, 5.41) is 11.3. The number of amides is 1. The maximum absolute atomic E-state index is 12.6. The second-order valence-electron chi connectivity index (χ2n) is 7.14. The summed E-state index contributed by atoms with van der Waals surface area (Å²) in [7, 11) is -0.756. The lowest BCUT2D eigenvalue weighted by Gasteiger charge is -2.32. The molecule has 1 aromatic carbocycles. The van der Waals surface area contributed by atoms with Gasteiger partial charge in [-0.3, -0.25) is 14.9 Å². The van der Waals surface area contributed by atoms with Gasteiger partial charge in [-0.1, -0.05) is 0 Å². The molecule has 0 bridgehead atoms. The van der Waals surface area contributed by atoms with E-state index in [4.69, 9.17) is 9.31 Å². The fourth-order valence-corrected chi connectivity index (χ4v) is 2.67. The molecule has 1 fully saturated rings. The number of nitrogens with zero attached hydrogens (tertiary/aromatic N) is 2. The zero-order valence-corrected chi connectivity index (χ0v) is 15.7. The van der Waals surface area contributed by atoms with Crippen LogP contribution in [0.3, 0.4) is 0 Å². The van der Waals surface area contributed by atoms with Gasteiger partial charge in [0, 0.05) is 30.8 Å². The van der Waals surface area contributed by atoms with Crippen LogP contribution in [0.4, 0.5) is 5.69 Å². The molecule has 0 unspecified atom stereocenters. The minimum absolute atomic E-state index is 0.150. The Balaban J connectivity index is 2.46. The summed E-state index contributed by atoms with van der Waals surface area (Å²) >= 11 is 0. The van der Waals surface area contributed by atoms with Crippen molar-refractivity contribution in [2.24, 2.45) is 0 Å². The van der Waals surface area contributed by atoms with Gasteiger partial charge in [-0.15, -0.1) is 0 Å². The molecule has 0 spiro atoms. The molecule has 1 aliphatic rings. The number of nitro groups is 1. The standard InChI is InChI=1S/C17H25BN2O5/c1-7-19(8-2)15(21)12-9-13(11-14(10-12)20(22)23)18-24-16(3,4)17(5,6)25-18/h9-11H,7-8H2,1-6H3. The third kappa shape index (κ3) is 3.69. The molecule has 1 amide bonds. The van der Waals surface area contributed by atoms with Crippen LogP contribution in [0.15, 0.2) is 18.2 Å². The topological polar surface area (TPSA) is 81.9 Å². The number of hydrogen-bond donors (Lipinski definition) is 0. The van der Waals surface area contributed by atoms with E-state index in [1.54, 1.807) is 11.0 Å². The molecule has 1 heterocycles. The van der Waals surface area contributed by atoms with E-state index in [-0.39, 0.29) is 17.2 Å². The average molecular weight is 348 g/mol. The molecule has 7 nitrogen and oxygen atoms in total. The van der Waals surface area contributed by atoms with Crippen LogP contribution in [-0.4, -0.2) is 47.1 Å². The van der Waals surface area contributed by atoms with Crippen LogP contribution in [0.1, 0.15) is 51.9 Å². The van der Waals surface area contributed by atoms with E-state index in [0.29, 0.717) is 18.6 Å². The Hall–Kier alpha value is -1.93. The van der Waals surface area contributed by atoms with Crippen molar-refractivity contribution in [3.05, 3.63) is 33.9 Å². The molecule has 2 rings (SSSR count). The molecule has 0 N–H and O–H groups in total. The molecule has 136 valence electrons. The summed E-state index contributed by atoms with van der Waals surface area (Å²) < 4.78 is 11.9. The maximum atomic E-state index is 12.6. The van der Waals surface area contributed by atoms with Gasteiger partial charge < -0.3 is 14.2 Å². The first-order valence-electron chi connectivity index (χ1n) is 8.46. The minimum atomic E-state index is -0.756. The fraction of sp³-hybridized carbons (Fsp3) is 0.588. The van der Waals surface area contributed by atoms with Gasteiger partial charge in [-0.05, 0) is 53.1 Å². The highest BCUT2D eigenvalue weighted by Gasteiger charge is 2.52. The Kier molecular flexibility index (Phi) is 5.25. The van der Waals surface area contributed by atoms with Gasteiger partial charge in [0.25, 0.3) is 11.6 Å². The molecular formula is C17H25BN2O5. The molecule has 25 heavy (non-hydrogen) atoms. The molecule has 1 aromatic rings. The fourth-order valence-electron chi connectivity index (χ4n) is 2.67. The third-order valence-corrected chi connectivity index (χ3v) is 4.97. The number of carbonyl (C=O) groups is 1. The Morgan fingerprint density at radius 2 is 1.64 bits per heavy atom. The molecule has 8 heteroatoms. The van der Waals surface area contributed by atoms with E-state index in [1.807, 2.05) is 41.5 Å². The van der Waals surface area contributed by atoms with Crippen molar-refractivity contribution in [1.82, 2.24) is 4.90 Å². The number of non-ortho nitro benzene ring substituents is 1. The van der Waals surface area contributed by atoms with E-state index in [1.165, 1.54) is 12.1 Å². The van der Waals surface area contributed by atoms with Gasteiger partial charge in [0.2, 0.25) is 0 Å². The second kappa shape index (κ2) is 6.76. The van der Waals surface area contributed by atoms with E-state index < -0.39 is 23.2 Å². The van der Waals surface area contributed by atoms with Crippen molar-refractivity contribution < 1.29 is 19.0 Å². The third-order valence-electron chi connectivity index (χ3n) is 4.97. The molecule has 1 aliphatic heterocycles. The van der Waals surface area contributed by atoms with Gasteiger partial charge in [-0.25, -0.2) is 0 Å². The zero-order valence-electron chi connectivity index (χ0n) is 15.7. The first kappa shape index (κ1) is 19.4. The molecule has 0 aliphatic carbocycles. The SMILES string of the molecule is CCN(CC)C(=O)c1cc(B2OC(C)(C)C(C)(C)O2)cc([N+](=O)[O-])c1. The van der Waals surface area contributed by atoms with Crippen molar-refractivity contribution in [3.8, 4) is 0 Å². The van der Waals surface area contributed by atoms with Crippen LogP contribution < -0.4 is 5.46 Å². The van der Waals surface area contributed by atoms with Crippen molar-refractivity contribution in [1.29, 1.82) is 0 Å². The number of nitro benzene ring substituents is 1. The predicted octanol–water partition coefficient (Wildman–Crippen LogP) is 2.38. The Labute approximate surface area is 148 Å². The van der Waals surface area contributed by atoms with Gasteiger partial charge in [0.15, 0.2) is 0 Å². The van der Waals surface area contributed by atoms with Crippen molar-refractivity contribution in [3.63, 3.8) is 0 Å². The smallest absolute Gasteiger partial charge is 0.399 e. The summed E-state index contributed by atoms with van der Waals surface area (Å²) in [4.78, 5) is 25.0. The molecule has 0 radical (unpaired) electrons. The van der Waals surface area contributed by atoms with Gasteiger partial charge in [0.05, 0.1) is 16.1 Å². The highest BCUT2D eigenvalue weighted by molar-refractivity contribution is 6.62. The van der Waals surface area contributed by atoms with Gasteiger partial charge in [-0.2, -0.15) is 0 Å². The second-order valence-corrected chi connectivity index (χ2v) is 7.14. The first-order valence-corrected chi connectivity index (χ1v) is 8.46. The number of benzene rings is 1. The Morgan fingerprint density at radius 3 is 2.08 bits per heavy atom. The predicted molar refractivity (Wildman–Crippen MR) is 96.1 cm³/mol. The normalized spacial score (nSPS) is 18.2. The van der Waals surface area contributed by atoms with E-state index in [9.17, 15) is 14.9 Å². The summed E-state index contributed by atoms with van der Waals surface area (Å²) in [6, 6.07) is 4.33. The van der Waals surface area contributed by atoms with Crippen LogP contribution >= 0.6 is 0 Å². The monoisotopic (exact) mass is 348 g/mol. The molecule has 0 saturated carbocycles. The molecule has 0 atom stereocenters. The quantitative estimate of drug-likeness (QED) is 0.464. The summed E-state index contributed by atoms with van der Waals surface area (Å²) in [5.74, 6) is -0.244. The van der Waals surface area contributed by atoms with E-state index in [0.717, 1.165) is 0 Å². The average Bonchev–Trinajstić information content (AvgIpc) is 2.76. The van der Waals surface area contributed by atoms with Gasteiger partial charge >= 0.3 is 7.12 Å². The minimum Gasteiger partial charge on any atom is -0.399 e. The lowest BCUT2D eigenvalue weighted by molar-refractivity contribution is -0.384. The zero-order chi connectivity index (χ0) is 19.0. The maximum Gasteiger partial charge on any atom is 0.495 e.